The molecule has 0 bridgehead atoms. The van der Waals surface area contributed by atoms with Crippen LogP contribution in [0.4, 0.5) is 5.69 Å². The largest absolute Gasteiger partial charge is 0.497 e. The Labute approximate surface area is 117 Å². The van der Waals surface area contributed by atoms with Crippen LogP contribution in [-0.2, 0) is 16.0 Å². The molecular weight excluding hydrogens is 260 g/mol. The van der Waals surface area contributed by atoms with Gasteiger partial charge < -0.3 is 15.6 Å². The fourth-order valence-electron chi connectivity index (χ4n) is 2.38. The molecule has 0 saturated carbocycles. The lowest BCUT2D eigenvalue weighted by Gasteiger charge is -2.25. The van der Waals surface area contributed by atoms with E-state index in [1.54, 1.807) is 32.2 Å². The lowest BCUT2D eigenvalue weighted by molar-refractivity contribution is -0.140. The van der Waals surface area contributed by atoms with Gasteiger partial charge in [0, 0.05) is 12.1 Å². The second-order valence-electron chi connectivity index (χ2n) is 4.78. The van der Waals surface area contributed by atoms with E-state index < -0.39 is 18.1 Å². The van der Waals surface area contributed by atoms with E-state index in [1.165, 1.54) is 4.90 Å². The van der Waals surface area contributed by atoms with Gasteiger partial charge in [0.15, 0.2) is 0 Å². The number of aliphatic carboxylic acids is 1. The third kappa shape index (κ3) is 2.34. The van der Waals surface area contributed by atoms with Gasteiger partial charge in [-0.1, -0.05) is 6.92 Å². The number of carboxylic acids is 1. The maximum absolute atomic E-state index is 12.3. The van der Waals surface area contributed by atoms with Crippen LogP contribution < -0.4 is 15.4 Å². The number of hydrogen-bond donors (Lipinski definition) is 2. The normalized spacial score (nSPS) is 18.6. The molecule has 6 heteroatoms. The number of benzene rings is 1. The minimum absolute atomic E-state index is 0.268. The molecule has 0 fully saturated rings. The predicted octanol–water partition coefficient (Wildman–Crippen LogP) is 0.775. The molecule has 3 N–H and O–H groups in total. The number of rotatable bonds is 4. The standard InChI is InChI=1S/C14H18N2O4/c1-3-10(15)13(17)16-11-5-4-9(20-2)6-8(11)7-12(16)14(18)19/h4-6,10,12H,3,7,15H2,1-2H3,(H,18,19)/t10-,12?/m0/s1. The summed E-state index contributed by atoms with van der Waals surface area (Å²) in [7, 11) is 1.54. The van der Waals surface area contributed by atoms with E-state index in [0.29, 0.717) is 17.9 Å². The first kappa shape index (κ1) is 14.3. The molecule has 0 spiro atoms. The summed E-state index contributed by atoms with van der Waals surface area (Å²) < 4.78 is 5.12. The van der Waals surface area contributed by atoms with E-state index in [9.17, 15) is 14.7 Å². The molecule has 6 nitrogen and oxygen atoms in total. The fraction of sp³-hybridized carbons (Fsp3) is 0.429. The highest BCUT2D eigenvalue weighted by atomic mass is 16.5. The van der Waals surface area contributed by atoms with Crippen LogP contribution in [-0.4, -0.2) is 36.2 Å². The smallest absolute Gasteiger partial charge is 0.327 e. The molecule has 108 valence electrons. The third-order valence-corrected chi connectivity index (χ3v) is 3.55. The van der Waals surface area contributed by atoms with Crippen LogP contribution >= 0.6 is 0 Å². The predicted molar refractivity (Wildman–Crippen MR) is 73.9 cm³/mol. The second-order valence-corrected chi connectivity index (χ2v) is 4.78. The summed E-state index contributed by atoms with van der Waals surface area (Å²) in [6.07, 6.45) is 0.733. The van der Waals surface area contributed by atoms with Gasteiger partial charge in [-0.05, 0) is 30.2 Å². The quantitative estimate of drug-likeness (QED) is 0.848. The summed E-state index contributed by atoms with van der Waals surface area (Å²) in [6.45, 7) is 1.79. The molecule has 1 aromatic carbocycles. The van der Waals surface area contributed by atoms with Crippen molar-refractivity contribution < 1.29 is 19.4 Å². The molecule has 1 heterocycles. The van der Waals surface area contributed by atoms with Gasteiger partial charge in [0.05, 0.1) is 13.2 Å². The van der Waals surface area contributed by atoms with Gasteiger partial charge >= 0.3 is 5.97 Å². The number of carboxylic acid groups (broad SMARTS) is 1. The number of nitrogens with two attached hydrogens (primary N) is 1. The Hall–Kier alpha value is -2.08. The van der Waals surface area contributed by atoms with E-state index in [2.05, 4.69) is 0 Å². The van der Waals surface area contributed by atoms with Gasteiger partial charge in [0.2, 0.25) is 5.91 Å². The number of hydrogen-bond acceptors (Lipinski definition) is 4. The van der Waals surface area contributed by atoms with Gasteiger partial charge in [0.25, 0.3) is 0 Å². The minimum Gasteiger partial charge on any atom is -0.497 e. The maximum atomic E-state index is 12.3. The lowest BCUT2D eigenvalue weighted by Crippen LogP contribution is -2.49. The van der Waals surface area contributed by atoms with Crippen molar-refractivity contribution in [3.05, 3.63) is 23.8 Å². The molecule has 1 unspecified atom stereocenters. The molecule has 0 saturated heterocycles. The topological polar surface area (TPSA) is 92.9 Å². The van der Waals surface area contributed by atoms with Crippen LogP contribution in [0.1, 0.15) is 18.9 Å². The van der Waals surface area contributed by atoms with E-state index in [-0.39, 0.29) is 12.3 Å². The molecule has 1 amide bonds. The van der Waals surface area contributed by atoms with E-state index in [0.717, 1.165) is 5.56 Å². The van der Waals surface area contributed by atoms with Crippen molar-refractivity contribution in [2.75, 3.05) is 12.0 Å². The first-order valence-electron chi connectivity index (χ1n) is 6.48. The zero-order chi connectivity index (χ0) is 14.9. The number of carbonyl (C=O) groups excluding carboxylic acids is 1. The van der Waals surface area contributed by atoms with E-state index in [1.807, 2.05) is 0 Å². The van der Waals surface area contributed by atoms with E-state index in [4.69, 9.17) is 10.5 Å². The van der Waals surface area contributed by atoms with Gasteiger partial charge in [-0.3, -0.25) is 9.69 Å². The minimum atomic E-state index is -1.03. The van der Waals surface area contributed by atoms with Crippen molar-refractivity contribution in [2.24, 2.45) is 5.73 Å². The number of nitrogens with zero attached hydrogens (tertiary/aromatic N) is 1. The molecule has 0 aliphatic carbocycles. The Morgan fingerprint density at radius 1 is 1.55 bits per heavy atom. The first-order chi connectivity index (χ1) is 9.49. The van der Waals surface area contributed by atoms with Crippen LogP contribution in [0.5, 0.6) is 5.75 Å². The number of amides is 1. The molecule has 1 aliphatic heterocycles. The Morgan fingerprint density at radius 3 is 2.80 bits per heavy atom. The van der Waals surface area contributed by atoms with Crippen LogP contribution in [0, 0.1) is 0 Å². The number of fused-ring (bicyclic) bond motifs is 1. The molecule has 2 atom stereocenters. The fourth-order valence-corrected chi connectivity index (χ4v) is 2.38. The number of methoxy groups -OCH3 is 1. The Bertz CT molecular complexity index is 544. The molecule has 0 aromatic heterocycles. The highest BCUT2D eigenvalue weighted by molar-refractivity contribution is 6.04. The van der Waals surface area contributed by atoms with Crippen molar-refractivity contribution in [3.63, 3.8) is 0 Å². The highest BCUT2D eigenvalue weighted by Crippen LogP contribution is 2.35. The van der Waals surface area contributed by atoms with Crippen molar-refractivity contribution in [2.45, 2.75) is 31.8 Å². The average molecular weight is 278 g/mol. The average Bonchev–Trinajstić information content (AvgIpc) is 2.83. The highest BCUT2D eigenvalue weighted by Gasteiger charge is 2.39. The van der Waals surface area contributed by atoms with Crippen molar-refractivity contribution >= 4 is 17.6 Å². The zero-order valence-electron chi connectivity index (χ0n) is 11.5. The summed E-state index contributed by atoms with van der Waals surface area (Å²) in [5.74, 6) is -0.748. The van der Waals surface area contributed by atoms with Crippen molar-refractivity contribution in [1.82, 2.24) is 0 Å². The summed E-state index contributed by atoms with van der Waals surface area (Å²) >= 11 is 0. The Balaban J connectivity index is 2.43. The number of ether oxygens (including phenoxy) is 1. The number of anilines is 1. The van der Waals surface area contributed by atoms with Crippen LogP contribution in [0.25, 0.3) is 0 Å². The molecule has 1 aromatic rings. The van der Waals surface area contributed by atoms with Gasteiger partial charge in [-0.2, -0.15) is 0 Å². The molecule has 1 aliphatic rings. The van der Waals surface area contributed by atoms with Crippen molar-refractivity contribution in [3.8, 4) is 5.75 Å². The van der Waals surface area contributed by atoms with Crippen LogP contribution in [0.15, 0.2) is 18.2 Å². The Kier molecular flexibility index (Phi) is 3.94. The molecule has 2 rings (SSSR count). The lowest BCUT2D eigenvalue weighted by atomic mass is 10.1. The maximum Gasteiger partial charge on any atom is 0.327 e. The van der Waals surface area contributed by atoms with Crippen molar-refractivity contribution in [1.29, 1.82) is 0 Å². The third-order valence-electron chi connectivity index (χ3n) is 3.55. The second kappa shape index (κ2) is 5.50. The SMILES string of the molecule is CC[C@H](N)C(=O)N1c2ccc(OC)cc2CC1C(=O)O. The Morgan fingerprint density at radius 2 is 2.25 bits per heavy atom. The summed E-state index contributed by atoms with van der Waals surface area (Å²) in [5.41, 5.74) is 7.15. The summed E-state index contributed by atoms with van der Waals surface area (Å²) in [6, 6.07) is 3.58. The first-order valence-corrected chi connectivity index (χ1v) is 6.48. The van der Waals surface area contributed by atoms with Gasteiger partial charge in [0.1, 0.15) is 11.8 Å². The van der Waals surface area contributed by atoms with E-state index >= 15 is 0 Å². The molecule has 20 heavy (non-hydrogen) atoms. The van der Waals surface area contributed by atoms with Crippen LogP contribution in [0.3, 0.4) is 0 Å². The van der Waals surface area contributed by atoms with Gasteiger partial charge in [-0.25, -0.2) is 4.79 Å². The zero-order valence-corrected chi connectivity index (χ0v) is 11.5. The summed E-state index contributed by atoms with van der Waals surface area (Å²) in [5, 5.41) is 9.32. The molecule has 0 radical (unpaired) electrons. The molecular formula is C14H18N2O4. The van der Waals surface area contributed by atoms with Crippen LogP contribution in [0.2, 0.25) is 0 Å². The van der Waals surface area contributed by atoms with Gasteiger partial charge in [-0.15, -0.1) is 0 Å². The summed E-state index contributed by atoms with van der Waals surface area (Å²) in [4.78, 5) is 25.0. The monoisotopic (exact) mass is 278 g/mol. The number of carbonyl (C=O) groups is 2.